The first-order valence-corrected chi connectivity index (χ1v) is 9.89. The summed E-state index contributed by atoms with van der Waals surface area (Å²) in [4.78, 5) is 19.4. The van der Waals surface area contributed by atoms with Crippen LogP contribution in [-0.2, 0) is 0 Å². The molecule has 5 nitrogen and oxygen atoms in total. The summed E-state index contributed by atoms with van der Waals surface area (Å²) in [5.74, 6) is 0.225. The molecule has 1 saturated carbocycles. The predicted octanol–water partition coefficient (Wildman–Crippen LogP) is 3.66. The normalized spacial score (nSPS) is 22.6. The van der Waals surface area contributed by atoms with E-state index in [9.17, 15) is 4.79 Å². The molecule has 1 aromatic rings. The Hall–Kier alpha value is -1.33. The van der Waals surface area contributed by atoms with Crippen molar-refractivity contribution in [3.8, 4) is 5.88 Å². The Balaban J connectivity index is 1.57. The summed E-state index contributed by atoms with van der Waals surface area (Å²) in [7, 11) is 0. The first-order valence-electron chi connectivity index (χ1n) is 9.51. The second-order valence-electron chi connectivity index (χ2n) is 7.01. The number of nitrogens with one attached hydrogen (secondary N) is 1. The second-order valence-corrected chi connectivity index (χ2v) is 7.42. The lowest BCUT2D eigenvalue weighted by atomic mass is 10.1. The molecule has 0 radical (unpaired) electrons. The fraction of sp³-hybridized carbons (Fsp3) is 0.684. The fourth-order valence-corrected chi connectivity index (χ4v) is 4.12. The number of carbonyl (C=O) groups is 1. The smallest absolute Gasteiger partial charge is 0.271 e. The van der Waals surface area contributed by atoms with Crippen LogP contribution in [0.25, 0.3) is 0 Å². The van der Waals surface area contributed by atoms with Gasteiger partial charge in [-0.1, -0.05) is 37.3 Å². The van der Waals surface area contributed by atoms with E-state index in [1.165, 1.54) is 38.5 Å². The molecule has 1 aromatic heterocycles. The van der Waals surface area contributed by atoms with E-state index in [4.69, 9.17) is 16.3 Å². The molecule has 1 atom stereocenters. The van der Waals surface area contributed by atoms with Gasteiger partial charge >= 0.3 is 0 Å². The highest BCUT2D eigenvalue weighted by atomic mass is 35.5. The van der Waals surface area contributed by atoms with Gasteiger partial charge in [-0.3, -0.25) is 9.69 Å². The van der Waals surface area contributed by atoms with Gasteiger partial charge in [0.05, 0.1) is 11.6 Å². The number of amides is 1. The number of aromatic nitrogens is 1. The van der Waals surface area contributed by atoms with E-state index in [0.717, 1.165) is 19.5 Å². The third-order valence-electron chi connectivity index (χ3n) is 5.22. The average molecular weight is 366 g/mol. The van der Waals surface area contributed by atoms with Crippen molar-refractivity contribution in [1.29, 1.82) is 0 Å². The molecule has 2 fully saturated rings. The summed E-state index contributed by atoms with van der Waals surface area (Å²) < 4.78 is 5.37. The van der Waals surface area contributed by atoms with E-state index in [2.05, 4.69) is 15.2 Å². The molecule has 2 aliphatic rings. The minimum absolute atomic E-state index is 0.171. The molecule has 25 heavy (non-hydrogen) atoms. The minimum atomic E-state index is -0.209. The van der Waals surface area contributed by atoms with Crippen LogP contribution in [-0.4, -0.2) is 47.6 Å². The molecule has 3 rings (SSSR count). The van der Waals surface area contributed by atoms with Gasteiger partial charge in [0.1, 0.15) is 0 Å². The molecule has 1 aliphatic heterocycles. The second kappa shape index (κ2) is 8.86. The third-order valence-corrected chi connectivity index (χ3v) is 5.53. The van der Waals surface area contributed by atoms with Gasteiger partial charge in [-0.15, -0.1) is 0 Å². The number of rotatable bonds is 5. The van der Waals surface area contributed by atoms with Crippen LogP contribution in [0.1, 0.15) is 62.4 Å². The van der Waals surface area contributed by atoms with Crippen molar-refractivity contribution in [1.82, 2.24) is 15.2 Å². The molecule has 1 N–H and O–H groups in total. The van der Waals surface area contributed by atoms with E-state index >= 15 is 0 Å². The Labute approximate surface area is 155 Å². The van der Waals surface area contributed by atoms with Crippen molar-refractivity contribution in [2.45, 2.75) is 64.0 Å². The van der Waals surface area contributed by atoms with Crippen molar-refractivity contribution in [3.05, 3.63) is 22.8 Å². The number of hydrogen-bond donors (Lipinski definition) is 1. The van der Waals surface area contributed by atoms with E-state index in [1.807, 2.05) is 6.92 Å². The van der Waals surface area contributed by atoms with Gasteiger partial charge in [-0.2, -0.15) is 0 Å². The van der Waals surface area contributed by atoms with Crippen LogP contribution in [0.5, 0.6) is 5.88 Å². The fourth-order valence-electron chi connectivity index (χ4n) is 3.93. The number of hydrogen-bond acceptors (Lipinski definition) is 4. The summed E-state index contributed by atoms with van der Waals surface area (Å²) in [6, 6.07) is 4.21. The molecule has 0 spiro atoms. The van der Waals surface area contributed by atoms with Gasteiger partial charge in [0, 0.05) is 31.2 Å². The molecule has 138 valence electrons. The summed E-state index contributed by atoms with van der Waals surface area (Å²) in [6.45, 7) is 4.39. The van der Waals surface area contributed by atoms with E-state index in [0.29, 0.717) is 23.6 Å². The zero-order valence-corrected chi connectivity index (χ0v) is 15.7. The van der Waals surface area contributed by atoms with Gasteiger partial charge in [0.25, 0.3) is 5.91 Å². The quantitative estimate of drug-likeness (QED) is 0.809. The number of ether oxygens (including phenoxy) is 1. The highest BCUT2D eigenvalue weighted by molar-refractivity contribution is 6.33. The van der Waals surface area contributed by atoms with Crippen LogP contribution in [0, 0.1) is 0 Å². The molecule has 0 unspecified atom stereocenters. The van der Waals surface area contributed by atoms with Gasteiger partial charge in [-0.25, -0.2) is 4.98 Å². The molecular weight excluding hydrogens is 338 g/mol. The molecule has 2 heterocycles. The number of nitrogens with zero attached hydrogens (tertiary/aromatic N) is 2. The average Bonchev–Trinajstić information content (AvgIpc) is 2.89. The maximum atomic E-state index is 12.6. The molecule has 6 heteroatoms. The van der Waals surface area contributed by atoms with Gasteiger partial charge in [0.15, 0.2) is 5.69 Å². The minimum Gasteiger partial charge on any atom is -0.478 e. The highest BCUT2D eigenvalue weighted by Crippen LogP contribution is 2.25. The van der Waals surface area contributed by atoms with Crippen LogP contribution in [0.4, 0.5) is 0 Å². The Morgan fingerprint density at radius 2 is 2.04 bits per heavy atom. The van der Waals surface area contributed by atoms with Crippen molar-refractivity contribution >= 4 is 17.5 Å². The van der Waals surface area contributed by atoms with E-state index < -0.39 is 0 Å². The molecular formula is C19H28ClN3O2. The number of halogens is 1. The van der Waals surface area contributed by atoms with Gasteiger partial charge in [0.2, 0.25) is 5.88 Å². The van der Waals surface area contributed by atoms with Crippen LogP contribution in [0.3, 0.4) is 0 Å². The summed E-state index contributed by atoms with van der Waals surface area (Å²) in [5.41, 5.74) is 0.250. The molecule has 1 amide bonds. The molecule has 0 aromatic carbocycles. The molecule has 1 saturated heterocycles. The first kappa shape index (κ1) is 18.5. The SMILES string of the molecule is CCOc1ccc(Cl)c(C(=O)N[C@H]2CCN(C3CCCCCC3)C2)n1. The number of likely N-dealkylation sites (tertiary alicyclic amines) is 1. The third kappa shape index (κ3) is 4.85. The van der Waals surface area contributed by atoms with Crippen LogP contribution >= 0.6 is 11.6 Å². The van der Waals surface area contributed by atoms with Crippen LogP contribution in [0.2, 0.25) is 5.02 Å². The summed E-state index contributed by atoms with van der Waals surface area (Å²) in [6.07, 6.45) is 8.99. The van der Waals surface area contributed by atoms with Crippen molar-refractivity contribution in [2.75, 3.05) is 19.7 Å². The van der Waals surface area contributed by atoms with Crippen LogP contribution < -0.4 is 10.1 Å². The largest absolute Gasteiger partial charge is 0.478 e. The zero-order valence-electron chi connectivity index (χ0n) is 15.0. The zero-order chi connectivity index (χ0) is 17.6. The Morgan fingerprint density at radius 3 is 2.76 bits per heavy atom. The van der Waals surface area contributed by atoms with E-state index in [1.54, 1.807) is 12.1 Å². The van der Waals surface area contributed by atoms with Crippen molar-refractivity contribution in [2.24, 2.45) is 0 Å². The highest BCUT2D eigenvalue weighted by Gasteiger charge is 2.30. The topological polar surface area (TPSA) is 54.5 Å². The van der Waals surface area contributed by atoms with Crippen LogP contribution in [0.15, 0.2) is 12.1 Å². The lowest BCUT2D eigenvalue weighted by molar-refractivity contribution is 0.0929. The number of pyridine rings is 1. The maximum Gasteiger partial charge on any atom is 0.271 e. The maximum absolute atomic E-state index is 12.6. The Bertz CT molecular complexity index is 588. The first-order chi connectivity index (χ1) is 12.2. The monoisotopic (exact) mass is 365 g/mol. The van der Waals surface area contributed by atoms with Crippen molar-refractivity contribution < 1.29 is 9.53 Å². The Kier molecular flexibility index (Phi) is 6.54. The lowest BCUT2D eigenvalue weighted by Crippen LogP contribution is -2.40. The summed E-state index contributed by atoms with van der Waals surface area (Å²) in [5, 5.41) is 3.47. The van der Waals surface area contributed by atoms with Gasteiger partial charge in [-0.05, 0) is 32.3 Å². The molecule has 0 bridgehead atoms. The lowest BCUT2D eigenvalue weighted by Gasteiger charge is -2.26. The van der Waals surface area contributed by atoms with Crippen molar-refractivity contribution in [3.63, 3.8) is 0 Å². The Morgan fingerprint density at radius 1 is 1.28 bits per heavy atom. The molecule has 1 aliphatic carbocycles. The van der Waals surface area contributed by atoms with E-state index in [-0.39, 0.29) is 17.6 Å². The predicted molar refractivity (Wildman–Crippen MR) is 99.4 cm³/mol. The standard InChI is InChI=1S/C19H28ClN3O2/c1-2-25-17-10-9-16(20)18(22-17)19(24)21-14-11-12-23(13-14)15-7-5-3-4-6-8-15/h9-10,14-15H,2-8,11-13H2,1H3,(H,21,24)/t14-/m0/s1. The number of carbonyl (C=O) groups excluding carboxylic acids is 1. The summed E-state index contributed by atoms with van der Waals surface area (Å²) >= 11 is 6.16. The van der Waals surface area contributed by atoms with Gasteiger partial charge < -0.3 is 10.1 Å².